The molecule has 2 aliphatic rings. The molecule has 1 aromatic heterocycles. The Morgan fingerprint density at radius 2 is 1.64 bits per heavy atom. The average molecular weight is 636 g/mol. The van der Waals surface area contributed by atoms with Gasteiger partial charge in [-0.1, -0.05) is 29.8 Å². The van der Waals surface area contributed by atoms with Crippen molar-refractivity contribution in [3.05, 3.63) is 65.7 Å². The van der Waals surface area contributed by atoms with Gasteiger partial charge in [0.15, 0.2) is 9.84 Å². The van der Waals surface area contributed by atoms with Crippen molar-refractivity contribution in [2.45, 2.75) is 23.8 Å². The van der Waals surface area contributed by atoms with Crippen LogP contribution in [0.25, 0.3) is 10.9 Å². The fraction of sp³-hybridized carbons (Fsp3) is 0.375. The van der Waals surface area contributed by atoms with Crippen molar-refractivity contribution in [2.24, 2.45) is 0 Å². The van der Waals surface area contributed by atoms with Gasteiger partial charge < -0.3 is 25.2 Å². The summed E-state index contributed by atoms with van der Waals surface area (Å²) in [7, 11) is 0.364. The van der Waals surface area contributed by atoms with E-state index in [4.69, 9.17) is 26.3 Å². The molecule has 4 aromatic rings. The summed E-state index contributed by atoms with van der Waals surface area (Å²) in [6, 6.07) is 18.9. The van der Waals surface area contributed by atoms with Crippen LogP contribution in [0.5, 0.6) is 5.75 Å². The number of nitrogens with one attached hydrogen (secondary N) is 2. The monoisotopic (exact) mass is 635 g/mol. The van der Waals surface area contributed by atoms with Crippen molar-refractivity contribution in [2.75, 3.05) is 75.2 Å². The second kappa shape index (κ2) is 12.8. The molecule has 232 valence electrons. The zero-order chi connectivity index (χ0) is 30.8. The van der Waals surface area contributed by atoms with E-state index in [1.807, 2.05) is 18.2 Å². The topological polar surface area (TPSA) is 103 Å². The van der Waals surface area contributed by atoms with Crippen LogP contribution in [-0.4, -0.2) is 93.9 Å². The normalized spacial score (nSPS) is 17.1. The summed E-state index contributed by atoms with van der Waals surface area (Å²) < 4.78 is 30.7. The van der Waals surface area contributed by atoms with Gasteiger partial charge in [-0.15, -0.1) is 0 Å². The molecule has 0 amide bonds. The number of methoxy groups -OCH3 is 1. The number of halogens is 1. The number of hydrogen-bond acceptors (Lipinski definition) is 10. The van der Waals surface area contributed by atoms with E-state index < -0.39 is 9.84 Å². The predicted octanol–water partition coefficient (Wildman–Crippen LogP) is 5.40. The Morgan fingerprint density at radius 3 is 2.36 bits per heavy atom. The summed E-state index contributed by atoms with van der Waals surface area (Å²) in [5.41, 5.74) is 2.84. The third kappa shape index (κ3) is 6.56. The molecule has 2 N–H and O–H groups in total. The van der Waals surface area contributed by atoms with Crippen LogP contribution >= 0.6 is 11.6 Å². The number of fused-ring (bicyclic) bond motifs is 1. The summed E-state index contributed by atoms with van der Waals surface area (Å²) in [6.45, 7) is 6.60. The van der Waals surface area contributed by atoms with E-state index in [0.717, 1.165) is 57.8 Å². The average Bonchev–Trinajstić information content (AvgIpc) is 3.01. The lowest BCUT2D eigenvalue weighted by Crippen LogP contribution is -2.52. The Labute approximate surface area is 263 Å². The van der Waals surface area contributed by atoms with Crippen molar-refractivity contribution >= 4 is 61.2 Å². The maximum atomic E-state index is 12.5. The van der Waals surface area contributed by atoms with Crippen LogP contribution in [0.4, 0.5) is 28.8 Å². The molecule has 6 rings (SSSR count). The highest BCUT2D eigenvalue weighted by Gasteiger charge is 2.27. The largest absolute Gasteiger partial charge is 0.494 e. The van der Waals surface area contributed by atoms with Gasteiger partial charge in [0.05, 0.1) is 39.3 Å². The number of piperazine rings is 1. The Balaban J connectivity index is 1.24. The quantitative estimate of drug-likeness (QED) is 0.262. The van der Waals surface area contributed by atoms with Gasteiger partial charge in [-0.25, -0.2) is 13.4 Å². The van der Waals surface area contributed by atoms with Crippen LogP contribution < -0.4 is 20.3 Å². The van der Waals surface area contributed by atoms with Crippen LogP contribution in [0.15, 0.2) is 65.6 Å². The molecule has 0 saturated carbocycles. The second-order valence-corrected chi connectivity index (χ2v) is 13.9. The predicted molar refractivity (Wildman–Crippen MR) is 178 cm³/mol. The van der Waals surface area contributed by atoms with E-state index in [9.17, 15) is 8.42 Å². The first kappa shape index (κ1) is 30.4. The number of hydrogen-bond donors (Lipinski definition) is 2. The summed E-state index contributed by atoms with van der Waals surface area (Å²) in [4.78, 5) is 17.1. The third-order valence-corrected chi connectivity index (χ3v) is 10.00. The van der Waals surface area contributed by atoms with Gasteiger partial charge in [0.25, 0.3) is 0 Å². The van der Waals surface area contributed by atoms with Crippen LogP contribution in [0, 0.1) is 0 Å². The lowest BCUT2D eigenvalue weighted by atomic mass is 10.0. The van der Waals surface area contributed by atoms with Crippen molar-refractivity contribution in [1.82, 2.24) is 19.8 Å². The smallest absolute Gasteiger partial charge is 0.229 e. The zero-order valence-corrected chi connectivity index (χ0v) is 26.8. The van der Waals surface area contributed by atoms with Gasteiger partial charge >= 0.3 is 0 Å². The molecule has 2 fully saturated rings. The Morgan fingerprint density at radius 1 is 0.886 bits per heavy atom. The highest BCUT2D eigenvalue weighted by molar-refractivity contribution is 7.90. The van der Waals surface area contributed by atoms with Crippen molar-refractivity contribution in [3.63, 3.8) is 0 Å². The molecule has 44 heavy (non-hydrogen) atoms. The molecule has 2 aliphatic heterocycles. The van der Waals surface area contributed by atoms with E-state index in [2.05, 4.69) is 44.5 Å². The van der Waals surface area contributed by atoms with Crippen LogP contribution in [0.2, 0.25) is 5.02 Å². The molecule has 0 atom stereocenters. The number of ether oxygens (including phenoxy) is 1. The molecule has 3 aromatic carbocycles. The number of nitrogens with zero attached hydrogens (tertiary/aromatic N) is 5. The van der Waals surface area contributed by atoms with E-state index in [-0.39, 0.29) is 4.90 Å². The van der Waals surface area contributed by atoms with Crippen LogP contribution in [-0.2, 0) is 9.84 Å². The standard InChI is InChI=1S/C32H38ClN7O3S/c1-38-17-19-40(20-18-38)22-13-15-39(16-14-22)23-11-12-25(28(21-23)43-2)35-32-36-27-9-6-7-24(33)30(27)31(37-32)34-26-8-4-5-10-29(26)44(3,41)42/h4-12,21-22H,13-20H2,1-3H3,(H2,34,35,36,37). The third-order valence-electron chi connectivity index (χ3n) is 8.53. The highest BCUT2D eigenvalue weighted by atomic mass is 35.5. The highest BCUT2D eigenvalue weighted by Crippen LogP contribution is 2.36. The van der Waals surface area contributed by atoms with E-state index in [1.165, 1.54) is 6.26 Å². The van der Waals surface area contributed by atoms with E-state index in [1.54, 1.807) is 37.4 Å². The number of aromatic nitrogens is 2. The number of anilines is 5. The van der Waals surface area contributed by atoms with Crippen LogP contribution in [0.1, 0.15) is 12.8 Å². The Kier molecular flexibility index (Phi) is 8.82. The lowest BCUT2D eigenvalue weighted by molar-refractivity contribution is 0.0982. The molecule has 0 radical (unpaired) electrons. The second-order valence-electron chi connectivity index (χ2n) is 11.5. The van der Waals surface area contributed by atoms with Crippen molar-refractivity contribution < 1.29 is 13.2 Å². The lowest BCUT2D eigenvalue weighted by Gasteiger charge is -2.42. The number of rotatable bonds is 8. The molecular weight excluding hydrogens is 598 g/mol. The number of piperidine rings is 1. The minimum absolute atomic E-state index is 0.165. The minimum atomic E-state index is -3.49. The van der Waals surface area contributed by atoms with Gasteiger partial charge in [-0.3, -0.25) is 4.90 Å². The van der Waals surface area contributed by atoms with E-state index in [0.29, 0.717) is 50.9 Å². The molecule has 3 heterocycles. The fourth-order valence-electron chi connectivity index (χ4n) is 6.08. The minimum Gasteiger partial charge on any atom is -0.494 e. The van der Waals surface area contributed by atoms with E-state index >= 15 is 0 Å². The zero-order valence-electron chi connectivity index (χ0n) is 25.3. The number of likely N-dealkylation sites (N-methyl/N-ethyl adjacent to an activating group) is 1. The fourth-order valence-corrected chi connectivity index (χ4v) is 7.19. The first-order valence-corrected chi connectivity index (χ1v) is 17.1. The molecule has 2 saturated heterocycles. The molecule has 0 spiro atoms. The number of sulfone groups is 1. The first-order valence-electron chi connectivity index (χ1n) is 14.8. The molecule has 0 aliphatic carbocycles. The summed E-state index contributed by atoms with van der Waals surface area (Å²) in [5.74, 6) is 1.38. The summed E-state index contributed by atoms with van der Waals surface area (Å²) >= 11 is 6.58. The number of benzene rings is 3. The molecule has 0 bridgehead atoms. The first-order chi connectivity index (χ1) is 21.2. The SMILES string of the molecule is COc1cc(N2CCC(N3CCN(C)CC3)CC2)ccc1Nc1nc(Nc2ccccc2S(C)(=O)=O)c2c(Cl)cccc2n1. The van der Waals surface area contributed by atoms with Crippen LogP contribution in [0.3, 0.4) is 0 Å². The summed E-state index contributed by atoms with van der Waals surface area (Å²) in [6.07, 6.45) is 3.48. The van der Waals surface area contributed by atoms with Crippen molar-refractivity contribution in [1.29, 1.82) is 0 Å². The summed E-state index contributed by atoms with van der Waals surface area (Å²) in [5, 5.41) is 7.55. The molecular formula is C32H38ClN7O3S. The number of para-hydroxylation sites is 1. The van der Waals surface area contributed by atoms with Gasteiger partial charge in [0.2, 0.25) is 5.95 Å². The van der Waals surface area contributed by atoms with Crippen molar-refractivity contribution in [3.8, 4) is 5.75 Å². The Bertz CT molecular complexity index is 1750. The van der Waals surface area contributed by atoms with Gasteiger partial charge in [0.1, 0.15) is 11.6 Å². The van der Waals surface area contributed by atoms with Gasteiger partial charge in [-0.05, 0) is 56.3 Å². The van der Waals surface area contributed by atoms with Gasteiger partial charge in [0, 0.05) is 63.3 Å². The molecule has 12 heteroatoms. The molecule has 0 unspecified atom stereocenters. The van der Waals surface area contributed by atoms with Gasteiger partial charge in [-0.2, -0.15) is 4.98 Å². The maximum Gasteiger partial charge on any atom is 0.229 e. The Hall–Kier alpha value is -3.64. The maximum absolute atomic E-state index is 12.5. The molecule has 10 nitrogen and oxygen atoms in total.